The molecule has 7 heteroatoms. The van der Waals surface area contributed by atoms with E-state index in [2.05, 4.69) is 15.5 Å². The van der Waals surface area contributed by atoms with Gasteiger partial charge in [-0.2, -0.15) is 0 Å². The topological polar surface area (TPSA) is 64.1 Å². The summed E-state index contributed by atoms with van der Waals surface area (Å²) >= 11 is 1.30. The van der Waals surface area contributed by atoms with E-state index in [1.807, 2.05) is 24.3 Å². The summed E-state index contributed by atoms with van der Waals surface area (Å²) in [4.78, 5) is 12.1. The Morgan fingerprint density at radius 1 is 1.12 bits per heavy atom. The van der Waals surface area contributed by atoms with Gasteiger partial charge in [-0.25, -0.2) is 4.39 Å². The van der Waals surface area contributed by atoms with Crippen LogP contribution in [0.15, 0.2) is 48.5 Å². The number of ether oxygens (including phenoxy) is 1. The standard InChI is InChI=1S/C17H14FN3O2S/c1-23-14-8-2-11(3-9-14)10-15-20-21-17(24-15)19-16(22)12-4-6-13(18)7-5-12/h2-9H,10H2,1H3,(H,19,21,22). The molecule has 0 aliphatic carbocycles. The SMILES string of the molecule is COc1ccc(Cc2nnc(NC(=O)c3ccc(F)cc3)s2)cc1. The molecule has 0 saturated heterocycles. The summed E-state index contributed by atoms with van der Waals surface area (Å²) in [5.41, 5.74) is 1.44. The molecule has 0 spiro atoms. The Kier molecular flexibility index (Phi) is 4.81. The average Bonchev–Trinajstić information content (AvgIpc) is 3.03. The van der Waals surface area contributed by atoms with Gasteiger partial charge in [0.15, 0.2) is 0 Å². The van der Waals surface area contributed by atoms with Crippen molar-refractivity contribution in [3.05, 3.63) is 70.5 Å². The van der Waals surface area contributed by atoms with E-state index in [-0.39, 0.29) is 11.7 Å². The third-order valence-electron chi connectivity index (χ3n) is 3.31. The van der Waals surface area contributed by atoms with Crippen molar-refractivity contribution in [2.24, 2.45) is 0 Å². The molecule has 2 aromatic carbocycles. The Balaban J connectivity index is 1.64. The number of hydrogen-bond acceptors (Lipinski definition) is 5. The van der Waals surface area contributed by atoms with Crippen LogP contribution >= 0.6 is 11.3 Å². The van der Waals surface area contributed by atoms with Crippen LogP contribution in [0.2, 0.25) is 0 Å². The number of hydrogen-bond donors (Lipinski definition) is 1. The molecule has 0 bridgehead atoms. The zero-order valence-electron chi connectivity index (χ0n) is 12.8. The summed E-state index contributed by atoms with van der Waals surface area (Å²) in [5.74, 6) is 0.0645. The van der Waals surface area contributed by atoms with Gasteiger partial charge in [0.05, 0.1) is 7.11 Å². The molecular formula is C17H14FN3O2S. The molecule has 1 aromatic heterocycles. The molecule has 5 nitrogen and oxygen atoms in total. The quantitative estimate of drug-likeness (QED) is 0.770. The number of halogens is 1. The third-order valence-corrected chi connectivity index (χ3v) is 4.15. The maximum absolute atomic E-state index is 12.9. The summed E-state index contributed by atoms with van der Waals surface area (Å²) in [6.45, 7) is 0. The van der Waals surface area contributed by atoms with Crippen LogP contribution in [0.3, 0.4) is 0 Å². The molecule has 122 valence electrons. The van der Waals surface area contributed by atoms with Gasteiger partial charge in [-0.3, -0.25) is 10.1 Å². The van der Waals surface area contributed by atoms with Gasteiger partial charge >= 0.3 is 0 Å². The van der Waals surface area contributed by atoms with Crippen molar-refractivity contribution >= 4 is 22.4 Å². The molecule has 3 aromatic rings. The van der Waals surface area contributed by atoms with Gasteiger partial charge in [0.2, 0.25) is 5.13 Å². The fourth-order valence-corrected chi connectivity index (χ4v) is 2.83. The van der Waals surface area contributed by atoms with E-state index in [1.165, 1.54) is 35.6 Å². The van der Waals surface area contributed by atoms with Crippen LogP contribution in [0.25, 0.3) is 0 Å². The second-order valence-corrected chi connectivity index (χ2v) is 6.05. The third kappa shape index (κ3) is 3.94. The molecule has 0 fully saturated rings. The van der Waals surface area contributed by atoms with Crippen molar-refractivity contribution in [3.8, 4) is 5.75 Å². The minimum Gasteiger partial charge on any atom is -0.497 e. The Morgan fingerprint density at radius 3 is 2.50 bits per heavy atom. The first-order chi connectivity index (χ1) is 11.6. The number of carbonyl (C=O) groups excluding carboxylic acids is 1. The van der Waals surface area contributed by atoms with Gasteiger partial charge < -0.3 is 4.74 Å². The van der Waals surface area contributed by atoms with Crippen LogP contribution in [0, 0.1) is 5.82 Å². The highest BCUT2D eigenvalue weighted by Gasteiger charge is 2.11. The molecule has 1 heterocycles. The number of aromatic nitrogens is 2. The lowest BCUT2D eigenvalue weighted by Gasteiger charge is -2.01. The molecule has 1 N–H and O–H groups in total. The Morgan fingerprint density at radius 2 is 1.83 bits per heavy atom. The maximum Gasteiger partial charge on any atom is 0.257 e. The predicted octanol–water partition coefficient (Wildman–Crippen LogP) is 3.53. The predicted molar refractivity (Wildman–Crippen MR) is 90.1 cm³/mol. The molecule has 0 radical (unpaired) electrons. The second kappa shape index (κ2) is 7.18. The molecule has 24 heavy (non-hydrogen) atoms. The smallest absolute Gasteiger partial charge is 0.257 e. The van der Waals surface area contributed by atoms with E-state index in [9.17, 15) is 9.18 Å². The Labute approximate surface area is 142 Å². The van der Waals surface area contributed by atoms with E-state index in [0.717, 1.165) is 16.3 Å². The van der Waals surface area contributed by atoms with Crippen molar-refractivity contribution in [3.63, 3.8) is 0 Å². The zero-order chi connectivity index (χ0) is 16.9. The van der Waals surface area contributed by atoms with E-state index in [0.29, 0.717) is 17.1 Å². The second-order valence-electron chi connectivity index (χ2n) is 4.99. The average molecular weight is 343 g/mol. The normalized spacial score (nSPS) is 10.4. The van der Waals surface area contributed by atoms with Crippen LogP contribution in [0.4, 0.5) is 9.52 Å². The van der Waals surface area contributed by atoms with E-state index < -0.39 is 0 Å². The van der Waals surface area contributed by atoms with Crippen LogP contribution in [0.5, 0.6) is 5.75 Å². The molecule has 0 aliphatic heterocycles. The highest BCUT2D eigenvalue weighted by molar-refractivity contribution is 7.15. The largest absolute Gasteiger partial charge is 0.497 e. The fourth-order valence-electron chi connectivity index (χ4n) is 2.06. The number of anilines is 1. The lowest BCUT2D eigenvalue weighted by molar-refractivity contribution is 0.102. The monoisotopic (exact) mass is 343 g/mol. The molecule has 0 atom stereocenters. The van der Waals surface area contributed by atoms with E-state index in [1.54, 1.807) is 7.11 Å². The molecule has 3 rings (SSSR count). The Hall–Kier alpha value is -2.80. The van der Waals surface area contributed by atoms with E-state index >= 15 is 0 Å². The first-order valence-corrected chi connectivity index (χ1v) is 7.98. The van der Waals surface area contributed by atoms with Crippen LogP contribution in [-0.4, -0.2) is 23.2 Å². The lowest BCUT2D eigenvalue weighted by atomic mass is 10.1. The summed E-state index contributed by atoms with van der Waals surface area (Å²) in [6.07, 6.45) is 0.619. The van der Waals surface area contributed by atoms with Crippen molar-refractivity contribution < 1.29 is 13.9 Å². The minimum absolute atomic E-state index is 0.345. The van der Waals surface area contributed by atoms with Gasteiger partial charge in [0.1, 0.15) is 16.6 Å². The van der Waals surface area contributed by atoms with Crippen molar-refractivity contribution in [1.29, 1.82) is 0 Å². The lowest BCUT2D eigenvalue weighted by Crippen LogP contribution is -2.11. The first kappa shape index (κ1) is 16.1. The molecule has 0 saturated carbocycles. The van der Waals surface area contributed by atoms with Crippen LogP contribution < -0.4 is 10.1 Å². The van der Waals surface area contributed by atoms with E-state index in [4.69, 9.17) is 4.74 Å². The summed E-state index contributed by atoms with van der Waals surface area (Å²) in [7, 11) is 1.62. The number of methoxy groups -OCH3 is 1. The maximum atomic E-state index is 12.9. The summed E-state index contributed by atoms with van der Waals surface area (Å²) in [5, 5.41) is 11.9. The highest BCUT2D eigenvalue weighted by atomic mass is 32.1. The minimum atomic E-state index is -0.385. The van der Waals surface area contributed by atoms with Gasteiger partial charge in [0, 0.05) is 12.0 Å². The Bertz CT molecular complexity index is 832. The number of nitrogens with one attached hydrogen (secondary N) is 1. The molecular weight excluding hydrogens is 329 g/mol. The molecule has 0 aliphatic rings. The van der Waals surface area contributed by atoms with Crippen LogP contribution in [-0.2, 0) is 6.42 Å². The number of carbonyl (C=O) groups is 1. The molecule has 1 amide bonds. The highest BCUT2D eigenvalue weighted by Crippen LogP contribution is 2.20. The van der Waals surface area contributed by atoms with Crippen LogP contribution in [0.1, 0.15) is 20.9 Å². The number of rotatable bonds is 5. The van der Waals surface area contributed by atoms with Gasteiger partial charge in [0.25, 0.3) is 5.91 Å². The van der Waals surface area contributed by atoms with Gasteiger partial charge in [-0.15, -0.1) is 10.2 Å². The van der Waals surface area contributed by atoms with Gasteiger partial charge in [-0.1, -0.05) is 23.5 Å². The molecule has 0 unspecified atom stereocenters. The summed E-state index contributed by atoms with van der Waals surface area (Å²) < 4.78 is 18.0. The van der Waals surface area contributed by atoms with Gasteiger partial charge in [-0.05, 0) is 42.0 Å². The zero-order valence-corrected chi connectivity index (χ0v) is 13.6. The number of benzene rings is 2. The summed E-state index contributed by atoms with van der Waals surface area (Å²) in [6, 6.07) is 13.0. The van der Waals surface area contributed by atoms with Crippen molar-refractivity contribution in [2.75, 3.05) is 12.4 Å². The van der Waals surface area contributed by atoms with Crippen molar-refractivity contribution in [2.45, 2.75) is 6.42 Å². The van der Waals surface area contributed by atoms with Crippen molar-refractivity contribution in [1.82, 2.24) is 10.2 Å². The number of amides is 1. The number of nitrogens with zero attached hydrogens (tertiary/aromatic N) is 2. The fraction of sp³-hybridized carbons (Fsp3) is 0.118. The first-order valence-electron chi connectivity index (χ1n) is 7.16.